The molecule has 2 aromatic rings. The lowest BCUT2D eigenvalue weighted by Gasteiger charge is -2.33. The predicted octanol–water partition coefficient (Wildman–Crippen LogP) is 2.95. The summed E-state index contributed by atoms with van der Waals surface area (Å²) in [5.74, 6) is 2.21. The van der Waals surface area contributed by atoms with Gasteiger partial charge in [0, 0.05) is 36.7 Å². The molecule has 1 saturated heterocycles. The Kier molecular flexibility index (Phi) is 5.99. The van der Waals surface area contributed by atoms with Crippen LogP contribution in [0.25, 0.3) is 0 Å². The van der Waals surface area contributed by atoms with Gasteiger partial charge in [0.05, 0.1) is 19.4 Å². The molecule has 25 heavy (non-hydrogen) atoms. The van der Waals surface area contributed by atoms with Crippen LogP contribution in [0.2, 0.25) is 0 Å². The van der Waals surface area contributed by atoms with E-state index in [1.807, 2.05) is 23.9 Å². The minimum absolute atomic E-state index is 0.0251. The average Bonchev–Trinajstić information content (AvgIpc) is 3.17. The van der Waals surface area contributed by atoms with Crippen molar-refractivity contribution in [3.63, 3.8) is 0 Å². The van der Waals surface area contributed by atoms with Crippen LogP contribution in [0.1, 0.15) is 22.2 Å². The molecule has 1 amide bonds. The maximum absolute atomic E-state index is 13.8. The van der Waals surface area contributed by atoms with Crippen LogP contribution in [0.4, 0.5) is 4.39 Å². The molecule has 1 aliphatic rings. The van der Waals surface area contributed by atoms with E-state index in [2.05, 4.69) is 10.2 Å². The van der Waals surface area contributed by atoms with Gasteiger partial charge in [-0.3, -0.25) is 9.69 Å². The highest BCUT2D eigenvalue weighted by molar-refractivity contribution is 7.99. The number of methoxy groups -OCH3 is 1. The van der Waals surface area contributed by atoms with Gasteiger partial charge >= 0.3 is 0 Å². The number of halogens is 1. The zero-order valence-electron chi connectivity index (χ0n) is 14.0. The second-order valence-electron chi connectivity index (χ2n) is 5.74. The highest BCUT2D eigenvalue weighted by Gasteiger charge is 2.25. The van der Waals surface area contributed by atoms with Gasteiger partial charge in [0.25, 0.3) is 5.91 Å². The topological polar surface area (TPSA) is 54.7 Å². The summed E-state index contributed by atoms with van der Waals surface area (Å²) in [4.78, 5) is 14.7. The molecule has 0 unspecified atom stereocenters. The Morgan fingerprint density at radius 1 is 1.40 bits per heavy atom. The van der Waals surface area contributed by atoms with Crippen LogP contribution in [-0.4, -0.2) is 49.1 Å². The number of furan rings is 1. The Balaban J connectivity index is 1.68. The van der Waals surface area contributed by atoms with Crippen LogP contribution in [0.15, 0.2) is 41.0 Å². The number of ether oxygens (including phenoxy) is 1. The number of benzene rings is 1. The SMILES string of the molecule is COc1ccc(C(=O)NC[C@@H](c2ccco2)N2CCSCC2)cc1F. The first kappa shape index (κ1) is 17.8. The summed E-state index contributed by atoms with van der Waals surface area (Å²) in [5, 5.41) is 2.89. The lowest BCUT2D eigenvalue weighted by atomic mass is 10.1. The molecule has 3 rings (SSSR count). The van der Waals surface area contributed by atoms with Gasteiger partial charge in [-0.2, -0.15) is 11.8 Å². The number of amides is 1. The third-order valence-electron chi connectivity index (χ3n) is 4.23. The maximum atomic E-state index is 13.8. The molecule has 0 radical (unpaired) electrons. The van der Waals surface area contributed by atoms with Gasteiger partial charge in [-0.05, 0) is 30.3 Å². The summed E-state index contributed by atoms with van der Waals surface area (Å²) in [6.45, 7) is 2.30. The van der Waals surface area contributed by atoms with Crippen LogP contribution in [0.5, 0.6) is 5.75 Å². The lowest BCUT2D eigenvalue weighted by Crippen LogP contribution is -2.41. The van der Waals surface area contributed by atoms with E-state index in [9.17, 15) is 9.18 Å². The summed E-state index contributed by atoms with van der Waals surface area (Å²) < 4.78 is 24.2. The minimum atomic E-state index is -0.550. The van der Waals surface area contributed by atoms with Crippen LogP contribution >= 0.6 is 11.8 Å². The molecule has 0 spiro atoms. The van der Waals surface area contributed by atoms with E-state index >= 15 is 0 Å². The van der Waals surface area contributed by atoms with Crippen molar-refractivity contribution in [2.75, 3.05) is 38.2 Å². The van der Waals surface area contributed by atoms with Crippen molar-refractivity contribution in [3.05, 3.63) is 53.7 Å². The summed E-state index contributed by atoms with van der Waals surface area (Å²) in [7, 11) is 1.39. The Morgan fingerprint density at radius 2 is 2.20 bits per heavy atom. The van der Waals surface area contributed by atoms with Gasteiger partial charge in [-0.1, -0.05) is 0 Å². The smallest absolute Gasteiger partial charge is 0.251 e. The molecule has 5 nitrogen and oxygen atoms in total. The normalized spacial score (nSPS) is 16.4. The average molecular weight is 364 g/mol. The zero-order valence-corrected chi connectivity index (χ0v) is 14.9. The van der Waals surface area contributed by atoms with Gasteiger partial charge < -0.3 is 14.5 Å². The van der Waals surface area contributed by atoms with Crippen molar-refractivity contribution in [2.24, 2.45) is 0 Å². The Morgan fingerprint density at radius 3 is 2.84 bits per heavy atom. The van der Waals surface area contributed by atoms with Crippen molar-refractivity contribution >= 4 is 17.7 Å². The third kappa shape index (κ3) is 4.35. The summed E-state index contributed by atoms with van der Waals surface area (Å²) >= 11 is 1.93. The fraction of sp³-hybridized carbons (Fsp3) is 0.389. The molecule has 1 aliphatic heterocycles. The summed E-state index contributed by atoms with van der Waals surface area (Å²) in [6.07, 6.45) is 1.64. The van der Waals surface area contributed by atoms with Crippen LogP contribution in [-0.2, 0) is 0 Å². The maximum Gasteiger partial charge on any atom is 0.251 e. The van der Waals surface area contributed by atoms with Gasteiger partial charge in [-0.25, -0.2) is 4.39 Å². The number of carbonyl (C=O) groups excluding carboxylic acids is 1. The van der Waals surface area contributed by atoms with E-state index in [4.69, 9.17) is 9.15 Å². The molecular weight excluding hydrogens is 343 g/mol. The van der Waals surface area contributed by atoms with E-state index in [0.29, 0.717) is 6.54 Å². The molecule has 2 heterocycles. The largest absolute Gasteiger partial charge is 0.494 e. The molecule has 7 heteroatoms. The molecule has 1 N–H and O–H groups in total. The number of hydrogen-bond donors (Lipinski definition) is 1. The zero-order chi connectivity index (χ0) is 17.6. The first-order chi connectivity index (χ1) is 12.2. The quantitative estimate of drug-likeness (QED) is 0.854. The molecule has 0 aliphatic carbocycles. The van der Waals surface area contributed by atoms with Gasteiger partial charge in [0.15, 0.2) is 11.6 Å². The molecular formula is C18H21FN2O3S. The molecule has 0 saturated carbocycles. The first-order valence-corrected chi connectivity index (χ1v) is 9.31. The van der Waals surface area contributed by atoms with E-state index < -0.39 is 5.82 Å². The van der Waals surface area contributed by atoms with Crippen molar-refractivity contribution in [3.8, 4) is 5.75 Å². The number of rotatable bonds is 6. The highest BCUT2D eigenvalue weighted by Crippen LogP contribution is 2.24. The van der Waals surface area contributed by atoms with Crippen molar-refractivity contribution in [1.82, 2.24) is 10.2 Å². The molecule has 1 atom stereocenters. The minimum Gasteiger partial charge on any atom is -0.494 e. The van der Waals surface area contributed by atoms with E-state index in [1.54, 1.807) is 12.3 Å². The Bertz CT molecular complexity index is 702. The summed E-state index contributed by atoms with van der Waals surface area (Å²) in [5.41, 5.74) is 0.269. The summed E-state index contributed by atoms with van der Waals surface area (Å²) in [6, 6.07) is 7.94. The number of nitrogens with one attached hydrogen (secondary N) is 1. The number of thioether (sulfide) groups is 1. The molecule has 134 valence electrons. The van der Waals surface area contributed by atoms with Crippen molar-refractivity contribution < 1.29 is 18.3 Å². The molecule has 0 bridgehead atoms. The second kappa shape index (κ2) is 8.40. The van der Waals surface area contributed by atoms with E-state index in [0.717, 1.165) is 30.4 Å². The standard InChI is InChI=1S/C18H21FN2O3S/c1-23-16-5-4-13(11-14(16)19)18(22)20-12-15(17-3-2-8-24-17)21-6-9-25-10-7-21/h2-5,8,11,15H,6-7,9-10,12H2,1H3,(H,20,22)/t15-/m0/s1. The van der Waals surface area contributed by atoms with Gasteiger partial charge in [-0.15, -0.1) is 0 Å². The molecule has 1 aromatic carbocycles. The first-order valence-electron chi connectivity index (χ1n) is 8.16. The van der Waals surface area contributed by atoms with Crippen LogP contribution in [0.3, 0.4) is 0 Å². The van der Waals surface area contributed by atoms with Crippen molar-refractivity contribution in [1.29, 1.82) is 0 Å². The van der Waals surface area contributed by atoms with Crippen molar-refractivity contribution in [2.45, 2.75) is 6.04 Å². The third-order valence-corrected chi connectivity index (χ3v) is 5.17. The van der Waals surface area contributed by atoms with Crippen LogP contribution in [0, 0.1) is 5.82 Å². The lowest BCUT2D eigenvalue weighted by molar-refractivity contribution is 0.0929. The van der Waals surface area contributed by atoms with E-state index in [-0.39, 0.29) is 23.3 Å². The Hall–Kier alpha value is -1.99. The Labute approximate surface area is 150 Å². The fourth-order valence-corrected chi connectivity index (χ4v) is 3.81. The van der Waals surface area contributed by atoms with Gasteiger partial charge in [0.1, 0.15) is 5.76 Å². The second-order valence-corrected chi connectivity index (χ2v) is 6.96. The number of carbonyl (C=O) groups is 1. The molecule has 1 aromatic heterocycles. The number of hydrogen-bond acceptors (Lipinski definition) is 5. The van der Waals surface area contributed by atoms with Crippen LogP contribution < -0.4 is 10.1 Å². The molecule has 1 fully saturated rings. The van der Waals surface area contributed by atoms with E-state index in [1.165, 1.54) is 19.2 Å². The highest BCUT2D eigenvalue weighted by atomic mass is 32.2. The predicted molar refractivity (Wildman–Crippen MR) is 95.6 cm³/mol. The number of nitrogens with zero attached hydrogens (tertiary/aromatic N) is 1. The monoisotopic (exact) mass is 364 g/mol. The fourth-order valence-electron chi connectivity index (χ4n) is 2.88. The van der Waals surface area contributed by atoms with Gasteiger partial charge in [0.2, 0.25) is 0 Å².